The molecule has 1 aromatic carbocycles. The van der Waals surface area contributed by atoms with Gasteiger partial charge >= 0.3 is 5.97 Å². The van der Waals surface area contributed by atoms with Crippen LogP contribution in [0.5, 0.6) is 0 Å². The highest BCUT2D eigenvalue weighted by molar-refractivity contribution is 6.49. The molecule has 0 saturated carbocycles. The zero-order valence-electron chi connectivity index (χ0n) is 9.53. The molecule has 0 amide bonds. The predicted molar refractivity (Wildman–Crippen MR) is 76.0 cm³/mol. The van der Waals surface area contributed by atoms with Gasteiger partial charge in [-0.15, -0.1) is 0 Å². The van der Waals surface area contributed by atoms with E-state index in [9.17, 15) is 4.79 Å². The van der Waals surface area contributed by atoms with Gasteiger partial charge in [0.05, 0.1) is 21.5 Å². The number of aromatic nitrogens is 1. The molecule has 1 aromatic heterocycles. The van der Waals surface area contributed by atoms with Crippen molar-refractivity contribution in [3.63, 3.8) is 0 Å². The summed E-state index contributed by atoms with van der Waals surface area (Å²) in [6.07, 6.45) is 3.00. The van der Waals surface area contributed by atoms with Crippen LogP contribution in [0.2, 0.25) is 15.1 Å². The summed E-state index contributed by atoms with van der Waals surface area (Å²) in [6.45, 7) is 0. The van der Waals surface area contributed by atoms with Crippen LogP contribution < -0.4 is 0 Å². The molecule has 0 spiro atoms. The van der Waals surface area contributed by atoms with E-state index in [-0.39, 0.29) is 11.4 Å². The first-order chi connectivity index (χ1) is 8.99. The molecule has 0 aliphatic carbocycles. The number of hydrogen-bond acceptors (Lipinski definition) is 2. The molecule has 2 rings (SSSR count). The van der Waals surface area contributed by atoms with Crippen LogP contribution in [0.4, 0.5) is 0 Å². The Kier molecular flexibility index (Phi) is 4.30. The van der Waals surface area contributed by atoms with E-state index in [2.05, 4.69) is 4.98 Å². The molecule has 6 heteroatoms. The predicted octanol–water partition coefficient (Wildman–Crippen LogP) is 4.34. The maximum absolute atomic E-state index is 10.7. The van der Waals surface area contributed by atoms with Crippen LogP contribution in [0.1, 0.15) is 5.56 Å². The fourth-order valence-electron chi connectivity index (χ4n) is 1.66. The number of hydrogen-bond donors (Lipinski definition) is 1. The molecular weight excluding hydrogens is 309 g/mol. The lowest BCUT2D eigenvalue weighted by Crippen LogP contribution is -2.00. The highest BCUT2D eigenvalue weighted by atomic mass is 35.5. The lowest BCUT2D eigenvalue weighted by molar-refractivity contribution is -0.136. The van der Waals surface area contributed by atoms with Crippen molar-refractivity contribution in [1.82, 2.24) is 4.98 Å². The van der Waals surface area contributed by atoms with Gasteiger partial charge in [0.25, 0.3) is 0 Å². The van der Waals surface area contributed by atoms with E-state index in [0.717, 1.165) is 0 Å². The zero-order valence-corrected chi connectivity index (χ0v) is 11.8. The van der Waals surface area contributed by atoms with E-state index in [1.807, 2.05) is 0 Å². The summed E-state index contributed by atoms with van der Waals surface area (Å²) in [6, 6.07) is 5.07. The van der Waals surface area contributed by atoms with Gasteiger partial charge in [-0.2, -0.15) is 0 Å². The standard InChI is InChI=1S/C13H8Cl3NO2/c14-10-2-1-9(12(15)13(10)16)8-3-7(4-11(18)19)5-17-6-8/h1-3,5-6H,4H2,(H,18,19). The summed E-state index contributed by atoms with van der Waals surface area (Å²) in [7, 11) is 0. The van der Waals surface area contributed by atoms with Crippen molar-refractivity contribution in [1.29, 1.82) is 0 Å². The van der Waals surface area contributed by atoms with E-state index in [0.29, 0.717) is 26.7 Å². The molecule has 0 unspecified atom stereocenters. The average Bonchev–Trinajstić information content (AvgIpc) is 2.36. The molecule has 0 aliphatic heterocycles. The van der Waals surface area contributed by atoms with Crippen LogP contribution in [0.25, 0.3) is 11.1 Å². The molecule has 1 N–H and O–H groups in total. The molecule has 0 fully saturated rings. The fourth-order valence-corrected chi connectivity index (χ4v) is 2.30. The number of rotatable bonds is 3. The summed E-state index contributed by atoms with van der Waals surface area (Å²) >= 11 is 18.0. The highest BCUT2D eigenvalue weighted by Gasteiger charge is 2.11. The van der Waals surface area contributed by atoms with Gasteiger partial charge in [0, 0.05) is 23.5 Å². The van der Waals surface area contributed by atoms with Gasteiger partial charge < -0.3 is 5.11 Å². The molecule has 0 aliphatic rings. The summed E-state index contributed by atoms with van der Waals surface area (Å²) in [5, 5.41) is 9.73. The smallest absolute Gasteiger partial charge is 0.307 e. The number of benzene rings is 1. The summed E-state index contributed by atoms with van der Waals surface area (Å²) in [5.74, 6) is -0.917. The zero-order chi connectivity index (χ0) is 14.0. The SMILES string of the molecule is O=C(O)Cc1cncc(-c2ccc(Cl)c(Cl)c2Cl)c1. The largest absolute Gasteiger partial charge is 0.481 e. The Bertz CT molecular complexity index is 644. The number of aliphatic carboxylic acids is 1. The van der Waals surface area contributed by atoms with Crippen LogP contribution in [0.3, 0.4) is 0 Å². The number of carbonyl (C=O) groups is 1. The van der Waals surface area contributed by atoms with Crippen LogP contribution in [0, 0.1) is 0 Å². The first kappa shape index (κ1) is 14.1. The fraction of sp³-hybridized carbons (Fsp3) is 0.0769. The second-order valence-electron chi connectivity index (χ2n) is 3.88. The topological polar surface area (TPSA) is 50.2 Å². The minimum absolute atomic E-state index is 0.0974. The molecule has 19 heavy (non-hydrogen) atoms. The maximum Gasteiger partial charge on any atom is 0.307 e. The van der Waals surface area contributed by atoms with E-state index < -0.39 is 5.97 Å². The Morgan fingerprint density at radius 3 is 2.58 bits per heavy atom. The van der Waals surface area contributed by atoms with Crippen molar-refractivity contribution < 1.29 is 9.90 Å². The van der Waals surface area contributed by atoms with Crippen molar-refractivity contribution in [2.75, 3.05) is 0 Å². The maximum atomic E-state index is 10.7. The molecule has 0 atom stereocenters. The number of carboxylic acids is 1. The molecule has 0 saturated heterocycles. The number of nitrogens with zero attached hydrogens (tertiary/aromatic N) is 1. The lowest BCUT2D eigenvalue weighted by atomic mass is 10.0. The summed E-state index contributed by atoms with van der Waals surface area (Å²) in [5.41, 5.74) is 1.95. The van der Waals surface area contributed by atoms with Crippen LogP contribution in [0.15, 0.2) is 30.6 Å². The second kappa shape index (κ2) is 5.78. The van der Waals surface area contributed by atoms with Gasteiger partial charge in [-0.05, 0) is 17.7 Å². The molecule has 0 bridgehead atoms. The number of carboxylic acid groups (broad SMARTS) is 1. The number of pyridine rings is 1. The van der Waals surface area contributed by atoms with Gasteiger partial charge in [0.2, 0.25) is 0 Å². The molecule has 0 radical (unpaired) electrons. The summed E-state index contributed by atoms with van der Waals surface area (Å²) in [4.78, 5) is 14.7. The second-order valence-corrected chi connectivity index (χ2v) is 5.04. The third-order valence-corrected chi connectivity index (χ3v) is 3.79. The van der Waals surface area contributed by atoms with E-state index in [4.69, 9.17) is 39.9 Å². The quantitative estimate of drug-likeness (QED) is 0.857. The minimum Gasteiger partial charge on any atom is -0.481 e. The molecule has 1 heterocycles. The van der Waals surface area contributed by atoms with Gasteiger partial charge in [-0.25, -0.2) is 0 Å². The van der Waals surface area contributed by atoms with Crippen LogP contribution in [-0.4, -0.2) is 16.1 Å². The number of halogens is 3. The first-order valence-electron chi connectivity index (χ1n) is 5.28. The Balaban J connectivity index is 2.47. The van der Waals surface area contributed by atoms with Crippen LogP contribution >= 0.6 is 34.8 Å². The Labute approximate surface area is 124 Å². The van der Waals surface area contributed by atoms with E-state index >= 15 is 0 Å². The van der Waals surface area contributed by atoms with Crippen molar-refractivity contribution in [3.05, 3.63) is 51.2 Å². The highest BCUT2D eigenvalue weighted by Crippen LogP contribution is 2.37. The minimum atomic E-state index is -0.917. The van der Waals surface area contributed by atoms with Gasteiger partial charge in [0.1, 0.15) is 0 Å². The lowest BCUT2D eigenvalue weighted by Gasteiger charge is -2.08. The van der Waals surface area contributed by atoms with E-state index in [1.165, 1.54) is 6.20 Å². The molecule has 98 valence electrons. The van der Waals surface area contributed by atoms with Crippen molar-refractivity contribution in [2.24, 2.45) is 0 Å². The van der Waals surface area contributed by atoms with Crippen LogP contribution in [-0.2, 0) is 11.2 Å². The monoisotopic (exact) mass is 315 g/mol. The Morgan fingerprint density at radius 2 is 1.89 bits per heavy atom. The van der Waals surface area contributed by atoms with Crippen molar-refractivity contribution in [2.45, 2.75) is 6.42 Å². The molecular formula is C13H8Cl3NO2. The van der Waals surface area contributed by atoms with Gasteiger partial charge in [-0.1, -0.05) is 40.9 Å². The molecule has 2 aromatic rings. The Morgan fingerprint density at radius 1 is 1.16 bits per heavy atom. The van der Waals surface area contributed by atoms with Crippen molar-refractivity contribution >= 4 is 40.8 Å². The van der Waals surface area contributed by atoms with Gasteiger partial charge in [-0.3, -0.25) is 9.78 Å². The normalized spacial score (nSPS) is 10.5. The van der Waals surface area contributed by atoms with Gasteiger partial charge in [0.15, 0.2) is 0 Å². The third kappa shape index (κ3) is 3.18. The average molecular weight is 317 g/mol. The van der Waals surface area contributed by atoms with E-state index in [1.54, 1.807) is 24.4 Å². The summed E-state index contributed by atoms with van der Waals surface area (Å²) < 4.78 is 0. The molecule has 3 nitrogen and oxygen atoms in total. The Hall–Kier alpha value is -1.29. The third-order valence-electron chi connectivity index (χ3n) is 2.50. The first-order valence-corrected chi connectivity index (χ1v) is 6.42. The van der Waals surface area contributed by atoms with Crippen molar-refractivity contribution in [3.8, 4) is 11.1 Å².